The maximum absolute atomic E-state index is 4.28. The molecule has 2 aromatic rings. The van der Waals surface area contributed by atoms with Crippen LogP contribution in [0.25, 0.3) is 5.65 Å². The molecule has 1 saturated carbocycles. The molecule has 2 heterocycles. The fraction of sp³-hybridized carbons (Fsp3) is 0.625. The van der Waals surface area contributed by atoms with Crippen molar-refractivity contribution in [1.29, 1.82) is 0 Å². The second kappa shape index (κ2) is 5.92. The van der Waals surface area contributed by atoms with Crippen molar-refractivity contribution in [3.63, 3.8) is 0 Å². The molecular weight excluding hydrogens is 248 g/mol. The zero-order valence-electron chi connectivity index (χ0n) is 12.4. The number of rotatable bonds is 4. The summed E-state index contributed by atoms with van der Waals surface area (Å²) in [5, 5.41) is 12.2. The molecule has 0 spiro atoms. The molecule has 1 aliphatic carbocycles. The Morgan fingerprint density at radius 1 is 1.25 bits per heavy atom. The summed E-state index contributed by atoms with van der Waals surface area (Å²) in [6.07, 6.45) is 6.99. The van der Waals surface area contributed by atoms with Gasteiger partial charge in [0.2, 0.25) is 0 Å². The van der Waals surface area contributed by atoms with Crippen LogP contribution in [0.3, 0.4) is 0 Å². The first-order chi connectivity index (χ1) is 9.74. The summed E-state index contributed by atoms with van der Waals surface area (Å²) in [5.74, 6) is 2.72. The van der Waals surface area contributed by atoms with Crippen LogP contribution in [0.15, 0.2) is 24.4 Å². The van der Waals surface area contributed by atoms with Gasteiger partial charge in [-0.3, -0.25) is 4.40 Å². The maximum atomic E-state index is 4.28. The first kappa shape index (κ1) is 13.6. The van der Waals surface area contributed by atoms with Crippen LogP contribution in [-0.2, 0) is 6.42 Å². The van der Waals surface area contributed by atoms with Gasteiger partial charge in [0.15, 0.2) is 5.65 Å². The van der Waals surface area contributed by atoms with Crippen molar-refractivity contribution in [2.24, 2.45) is 11.8 Å². The fourth-order valence-electron chi connectivity index (χ4n) is 3.40. The highest BCUT2D eigenvalue weighted by Crippen LogP contribution is 2.28. The quantitative estimate of drug-likeness (QED) is 0.930. The number of fused-ring (bicyclic) bond motifs is 1. The lowest BCUT2D eigenvalue weighted by molar-refractivity contribution is 0.229. The van der Waals surface area contributed by atoms with E-state index < -0.39 is 0 Å². The van der Waals surface area contributed by atoms with E-state index in [-0.39, 0.29) is 0 Å². The molecule has 0 aromatic carbocycles. The van der Waals surface area contributed by atoms with E-state index in [1.54, 1.807) is 0 Å². The summed E-state index contributed by atoms with van der Waals surface area (Å²) in [6, 6.07) is 6.69. The molecular formula is C16H24N4. The van der Waals surface area contributed by atoms with Crippen LogP contribution >= 0.6 is 0 Å². The minimum atomic E-state index is 0.672. The SMILES string of the molecule is CC1CCC(NCCc2nnc3ccccn23)C(C)C1. The van der Waals surface area contributed by atoms with E-state index in [4.69, 9.17) is 0 Å². The molecule has 3 rings (SSSR count). The third-order valence-electron chi connectivity index (χ3n) is 4.57. The lowest BCUT2D eigenvalue weighted by Gasteiger charge is -2.33. The Bertz CT molecular complexity index is 562. The smallest absolute Gasteiger partial charge is 0.160 e. The van der Waals surface area contributed by atoms with E-state index in [0.717, 1.165) is 36.3 Å². The van der Waals surface area contributed by atoms with Gasteiger partial charge in [-0.2, -0.15) is 0 Å². The lowest BCUT2D eigenvalue weighted by Crippen LogP contribution is -2.40. The van der Waals surface area contributed by atoms with Crippen molar-refractivity contribution in [1.82, 2.24) is 19.9 Å². The molecule has 108 valence electrons. The van der Waals surface area contributed by atoms with Crippen molar-refractivity contribution in [3.8, 4) is 0 Å². The molecule has 2 aromatic heterocycles. The third-order valence-corrected chi connectivity index (χ3v) is 4.57. The summed E-state index contributed by atoms with van der Waals surface area (Å²) >= 11 is 0. The Morgan fingerprint density at radius 3 is 3.00 bits per heavy atom. The second-order valence-electron chi connectivity index (χ2n) is 6.25. The second-order valence-corrected chi connectivity index (χ2v) is 6.25. The number of hydrogen-bond donors (Lipinski definition) is 1. The van der Waals surface area contributed by atoms with E-state index in [1.807, 2.05) is 24.4 Å². The van der Waals surface area contributed by atoms with E-state index in [9.17, 15) is 0 Å². The van der Waals surface area contributed by atoms with Gasteiger partial charge in [0.25, 0.3) is 0 Å². The monoisotopic (exact) mass is 272 g/mol. The Labute approximate surface area is 120 Å². The Balaban J connectivity index is 1.55. The molecule has 1 N–H and O–H groups in total. The Morgan fingerprint density at radius 2 is 2.15 bits per heavy atom. The van der Waals surface area contributed by atoms with Crippen LogP contribution in [-0.4, -0.2) is 27.2 Å². The molecule has 0 radical (unpaired) electrons. The minimum Gasteiger partial charge on any atom is -0.313 e. The molecule has 0 amide bonds. The molecule has 3 atom stereocenters. The van der Waals surface area contributed by atoms with Crippen molar-refractivity contribution >= 4 is 5.65 Å². The van der Waals surface area contributed by atoms with Gasteiger partial charge >= 0.3 is 0 Å². The number of pyridine rings is 1. The summed E-state index contributed by atoms with van der Waals surface area (Å²) < 4.78 is 2.08. The lowest BCUT2D eigenvalue weighted by atomic mass is 9.80. The predicted molar refractivity (Wildman–Crippen MR) is 80.7 cm³/mol. The molecule has 1 aliphatic rings. The molecule has 3 unspecified atom stereocenters. The average Bonchev–Trinajstić information content (AvgIpc) is 2.85. The molecule has 0 bridgehead atoms. The van der Waals surface area contributed by atoms with Crippen LogP contribution in [0.4, 0.5) is 0 Å². The van der Waals surface area contributed by atoms with Crippen molar-refractivity contribution in [3.05, 3.63) is 30.2 Å². The summed E-state index contributed by atoms with van der Waals surface area (Å²) in [5.41, 5.74) is 0.933. The van der Waals surface area contributed by atoms with Gasteiger partial charge in [-0.25, -0.2) is 0 Å². The summed E-state index contributed by atoms with van der Waals surface area (Å²) in [7, 11) is 0. The summed E-state index contributed by atoms with van der Waals surface area (Å²) in [4.78, 5) is 0. The van der Waals surface area contributed by atoms with Gasteiger partial charge in [0.1, 0.15) is 5.82 Å². The average molecular weight is 272 g/mol. The zero-order chi connectivity index (χ0) is 13.9. The predicted octanol–water partition coefficient (Wildman–Crippen LogP) is 2.69. The van der Waals surface area contributed by atoms with Gasteiger partial charge in [0.05, 0.1) is 0 Å². The summed E-state index contributed by atoms with van der Waals surface area (Å²) in [6.45, 7) is 5.73. The number of aromatic nitrogens is 3. The highest BCUT2D eigenvalue weighted by molar-refractivity contribution is 5.36. The molecule has 20 heavy (non-hydrogen) atoms. The molecule has 0 aliphatic heterocycles. The zero-order valence-corrected chi connectivity index (χ0v) is 12.4. The molecule has 0 saturated heterocycles. The Kier molecular flexibility index (Phi) is 4.01. The van der Waals surface area contributed by atoms with Crippen molar-refractivity contribution < 1.29 is 0 Å². The first-order valence-corrected chi connectivity index (χ1v) is 7.76. The normalized spacial score (nSPS) is 27.0. The van der Waals surface area contributed by atoms with Crippen LogP contribution in [0.2, 0.25) is 0 Å². The third kappa shape index (κ3) is 2.85. The van der Waals surface area contributed by atoms with Gasteiger partial charge in [-0.15, -0.1) is 10.2 Å². The van der Waals surface area contributed by atoms with E-state index in [0.29, 0.717) is 6.04 Å². The number of hydrogen-bond acceptors (Lipinski definition) is 3. The van der Waals surface area contributed by atoms with Crippen LogP contribution in [0, 0.1) is 11.8 Å². The fourth-order valence-corrected chi connectivity index (χ4v) is 3.40. The van der Waals surface area contributed by atoms with Crippen LogP contribution in [0.5, 0.6) is 0 Å². The first-order valence-electron chi connectivity index (χ1n) is 7.76. The van der Waals surface area contributed by atoms with Gasteiger partial charge in [0, 0.05) is 25.2 Å². The Hall–Kier alpha value is -1.42. The standard InChI is InChI=1S/C16H24N4/c1-12-6-7-14(13(2)11-12)17-9-8-16-19-18-15-5-3-4-10-20(15)16/h3-5,10,12-14,17H,6-9,11H2,1-2H3. The van der Waals surface area contributed by atoms with Crippen LogP contribution < -0.4 is 5.32 Å². The van der Waals surface area contributed by atoms with Crippen LogP contribution in [0.1, 0.15) is 38.9 Å². The van der Waals surface area contributed by atoms with Gasteiger partial charge in [-0.1, -0.05) is 19.9 Å². The van der Waals surface area contributed by atoms with E-state index >= 15 is 0 Å². The van der Waals surface area contributed by atoms with E-state index in [1.165, 1.54) is 19.3 Å². The molecule has 4 nitrogen and oxygen atoms in total. The number of nitrogens with zero attached hydrogens (tertiary/aromatic N) is 3. The largest absolute Gasteiger partial charge is 0.313 e. The highest BCUT2D eigenvalue weighted by Gasteiger charge is 2.24. The van der Waals surface area contributed by atoms with Crippen molar-refractivity contribution in [2.75, 3.05) is 6.54 Å². The van der Waals surface area contributed by atoms with Gasteiger partial charge < -0.3 is 5.32 Å². The van der Waals surface area contributed by atoms with E-state index in [2.05, 4.69) is 33.8 Å². The number of nitrogens with one attached hydrogen (secondary N) is 1. The van der Waals surface area contributed by atoms with Gasteiger partial charge in [-0.05, 0) is 43.2 Å². The topological polar surface area (TPSA) is 42.2 Å². The highest BCUT2D eigenvalue weighted by atomic mass is 15.2. The minimum absolute atomic E-state index is 0.672. The molecule has 4 heteroatoms. The maximum Gasteiger partial charge on any atom is 0.160 e. The molecule has 1 fully saturated rings. The van der Waals surface area contributed by atoms with Crippen molar-refractivity contribution in [2.45, 2.75) is 45.6 Å².